The average molecular weight is 729 g/mol. The lowest BCUT2D eigenvalue weighted by Gasteiger charge is -2.67. The van der Waals surface area contributed by atoms with E-state index in [9.17, 15) is 45.6 Å². The number of cyclic esters (lactones) is 1. The number of methoxy groups -OCH3 is 1. The molecule has 0 spiro atoms. The molecule has 0 aromatic rings. The Balaban J connectivity index is 1.02. The Morgan fingerprint density at radius 2 is 1.57 bits per heavy atom. The van der Waals surface area contributed by atoms with E-state index in [1.807, 2.05) is 13.8 Å². The Morgan fingerprint density at radius 3 is 2.24 bits per heavy atom. The Labute approximate surface area is 297 Å². The highest BCUT2D eigenvalue weighted by Gasteiger charge is 2.72. The summed E-state index contributed by atoms with van der Waals surface area (Å²) in [6, 6.07) is 0. The fourth-order valence-corrected chi connectivity index (χ4v) is 11.7. The molecule has 290 valence electrons. The minimum atomic E-state index is -1.57. The molecule has 0 unspecified atom stereocenters. The second-order valence-corrected chi connectivity index (χ2v) is 16.9. The van der Waals surface area contributed by atoms with Crippen molar-refractivity contribution in [1.82, 2.24) is 0 Å². The molecule has 15 heteroatoms. The van der Waals surface area contributed by atoms with Crippen LogP contribution in [0.5, 0.6) is 0 Å². The largest absolute Gasteiger partial charge is 0.458 e. The van der Waals surface area contributed by atoms with Crippen LogP contribution in [0.25, 0.3) is 0 Å². The van der Waals surface area contributed by atoms with Gasteiger partial charge in [-0.05, 0) is 75.2 Å². The Bertz CT molecular complexity index is 1350. The third-order valence-electron chi connectivity index (χ3n) is 14.5. The monoisotopic (exact) mass is 728 g/mol. The molecule has 0 radical (unpaired) electrons. The zero-order chi connectivity index (χ0) is 36.8. The number of fused-ring (bicyclic) bond motifs is 5. The second kappa shape index (κ2) is 13.5. The number of aliphatic hydroxyl groups excluding tert-OH is 6. The SMILES string of the molecule is CO[C@@H]1[C@@H](O)[C@H](O[C@@H]2[C@@H](O)[C@H](O)[C@H](O[C@H]3CC[C@]4(C)[C@H]5[C@H](O)C[C@]6(C)[C@@H](C7=CC(=O)OC7)CC[C@]6(O)[C@@H]5CC[C@]4(O)C3)O[C@H]2C)O[C@H](CO)[C@H]1O. The fraction of sp³-hybridized carbons (Fsp3) is 0.917. The van der Waals surface area contributed by atoms with E-state index < -0.39 is 102 Å². The quantitative estimate of drug-likeness (QED) is 0.116. The Morgan fingerprint density at radius 1 is 0.843 bits per heavy atom. The minimum absolute atomic E-state index is 0.0835. The number of carbonyl (C=O) groups is 1. The summed E-state index contributed by atoms with van der Waals surface area (Å²) in [6.45, 7) is 5.28. The van der Waals surface area contributed by atoms with Crippen molar-refractivity contribution in [1.29, 1.82) is 0 Å². The van der Waals surface area contributed by atoms with Gasteiger partial charge in [-0.3, -0.25) is 0 Å². The first kappa shape index (κ1) is 38.0. The van der Waals surface area contributed by atoms with E-state index in [0.717, 1.165) is 5.57 Å². The molecule has 0 aromatic heterocycles. The molecule has 6 fully saturated rings. The van der Waals surface area contributed by atoms with Crippen LogP contribution in [0.15, 0.2) is 11.6 Å². The number of hydrogen-bond acceptors (Lipinski definition) is 15. The van der Waals surface area contributed by atoms with Gasteiger partial charge < -0.3 is 69.3 Å². The van der Waals surface area contributed by atoms with Crippen LogP contribution in [0.2, 0.25) is 0 Å². The molecule has 51 heavy (non-hydrogen) atoms. The van der Waals surface area contributed by atoms with Crippen LogP contribution in [0.4, 0.5) is 0 Å². The van der Waals surface area contributed by atoms with Crippen molar-refractivity contribution in [2.45, 2.75) is 157 Å². The molecule has 0 amide bonds. The molecular weight excluding hydrogens is 672 g/mol. The Hall–Kier alpha value is -1.31. The molecule has 7 aliphatic rings. The highest BCUT2D eigenvalue weighted by molar-refractivity contribution is 5.85. The van der Waals surface area contributed by atoms with Gasteiger partial charge in [0.25, 0.3) is 0 Å². The first-order chi connectivity index (χ1) is 24.0. The van der Waals surface area contributed by atoms with Gasteiger partial charge in [-0.2, -0.15) is 0 Å². The lowest BCUT2D eigenvalue weighted by atomic mass is 9.41. The van der Waals surface area contributed by atoms with E-state index in [1.54, 1.807) is 6.92 Å². The second-order valence-electron chi connectivity index (χ2n) is 16.9. The molecule has 15 nitrogen and oxygen atoms in total. The van der Waals surface area contributed by atoms with Crippen LogP contribution in [0.1, 0.15) is 72.1 Å². The minimum Gasteiger partial charge on any atom is -0.458 e. The van der Waals surface area contributed by atoms with Gasteiger partial charge in [0.15, 0.2) is 12.6 Å². The molecule has 19 atom stereocenters. The maximum atomic E-state index is 12.5. The summed E-state index contributed by atoms with van der Waals surface area (Å²) in [7, 11) is 1.29. The summed E-state index contributed by atoms with van der Waals surface area (Å²) in [5.41, 5.74) is -2.85. The van der Waals surface area contributed by atoms with Gasteiger partial charge in [0.2, 0.25) is 0 Å². The molecule has 3 heterocycles. The van der Waals surface area contributed by atoms with Crippen LogP contribution < -0.4 is 0 Å². The van der Waals surface area contributed by atoms with Gasteiger partial charge in [0, 0.05) is 30.4 Å². The summed E-state index contributed by atoms with van der Waals surface area (Å²) in [6.07, 6.45) is -9.06. The maximum Gasteiger partial charge on any atom is 0.331 e. The molecule has 4 saturated carbocycles. The van der Waals surface area contributed by atoms with E-state index in [0.29, 0.717) is 44.9 Å². The van der Waals surface area contributed by atoms with Crippen molar-refractivity contribution < 1.29 is 74.1 Å². The van der Waals surface area contributed by atoms with E-state index in [-0.39, 0.29) is 36.8 Å². The zero-order valence-corrected chi connectivity index (χ0v) is 29.7. The van der Waals surface area contributed by atoms with Crippen molar-refractivity contribution in [2.75, 3.05) is 20.3 Å². The summed E-state index contributed by atoms with van der Waals surface area (Å²) in [4.78, 5) is 11.9. The van der Waals surface area contributed by atoms with Gasteiger partial charge in [0.1, 0.15) is 49.3 Å². The number of ether oxygens (including phenoxy) is 6. The maximum absolute atomic E-state index is 12.5. The Kier molecular flexibility index (Phi) is 10.0. The molecule has 0 aromatic carbocycles. The van der Waals surface area contributed by atoms with E-state index in [1.165, 1.54) is 13.2 Å². The normalized spacial score (nSPS) is 55.7. The van der Waals surface area contributed by atoms with Crippen molar-refractivity contribution in [3.63, 3.8) is 0 Å². The average Bonchev–Trinajstić information content (AvgIpc) is 3.62. The van der Waals surface area contributed by atoms with Gasteiger partial charge >= 0.3 is 5.97 Å². The van der Waals surface area contributed by atoms with Gasteiger partial charge in [-0.25, -0.2) is 4.79 Å². The zero-order valence-electron chi connectivity index (χ0n) is 29.7. The predicted octanol–water partition coefficient (Wildman–Crippen LogP) is -0.980. The first-order valence-corrected chi connectivity index (χ1v) is 18.5. The third-order valence-corrected chi connectivity index (χ3v) is 14.5. The summed E-state index contributed by atoms with van der Waals surface area (Å²) in [5, 5.41) is 89.8. The van der Waals surface area contributed by atoms with Crippen LogP contribution in [0.3, 0.4) is 0 Å². The number of carbonyl (C=O) groups excluding carboxylic acids is 1. The lowest BCUT2D eigenvalue weighted by molar-refractivity contribution is -0.363. The van der Waals surface area contributed by atoms with Crippen molar-refractivity contribution in [3.05, 3.63) is 11.6 Å². The van der Waals surface area contributed by atoms with E-state index in [2.05, 4.69) is 0 Å². The van der Waals surface area contributed by atoms with Crippen LogP contribution in [-0.2, 0) is 33.2 Å². The molecular formula is C36H56O15. The molecule has 3 aliphatic heterocycles. The van der Waals surface area contributed by atoms with Crippen LogP contribution in [0, 0.1) is 28.6 Å². The molecule has 2 saturated heterocycles. The van der Waals surface area contributed by atoms with Gasteiger partial charge in [-0.15, -0.1) is 0 Å². The fourth-order valence-electron chi connectivity index (χ4n) is 11.7. The van der Waals surface area contributed by atoms with Crippen LogP contribution in [-0.4, -0.2) is 152 Å². The predicted molar refractivity (Wildman–Crippen MR) is 173 cm³/mol. The molecule has 4 aliphatic carbocycles. The number of esters is 1. The van der Waals surface area contributed by atoms with Gasteiger partial charge in [0.05, 0.1) is 36.1 Å². The summed E-state index contributed by atoms with van der Waals surface area (Å²) >= 11 is 0. The molecule has 0 bridgehead atoms. The van der Waals surface area contributed by atoms with Crippen molar-refractivity contribution >= 4 is 5.97 Å². The van der Waals surface area contributed by atoms with E-state index >= 15 is 0 Å². The van der Waals surface area contributed by atoms with Gasteiger partial charge in [-0.1, -0.05) is 13.8 Å². The van der Waals surface area contributed by atoms with Crippen molar-refractivity contribution in [3.8, 4) is 0 Å². The lowest BCUT2D eigenvalue weighted by Crippen LogP contribution is -2.71. The molecule has 8 N–H and O–H groups in total. The first-order valence-electron chi connectivity index (χ1n) is 18.5. The van der Waals surface area contributed by atoms with Crippen LogP contribution >= 0.6 is 0 Å². The molecule has 7 rings (SSSR count). The van der Waals surface area contributed by atoms with E-state index in [4.69, 9.17) is 28.4 Å². The number of aliphatic hydroxyl groups is 8. The number of rotatable bonds is 7. The number of hydrogen-bond donors (Lipinski definition) is 8. The standard InChI is InChI=1S/C36H56O15/c1-16-29(51-32-28(43)30(46-4)25(40)22(14-37)50-32)26(41)27(42)31(48-16)49-18-5-8-33(2)24-20(6-9-35(33,44)12-18)36(45)10-7-19(17-11-23(39)47-15-17)34(36,3)13-21(24)38/h11,16,18-22,24-32,37-38,40-45H,5-10,12-15H2,1-4H3/t16-,18-,19+,20+,21+,22+,24+,25+,26-,27-,28+,29-,30-,31-,32-,33+,34+,35-,36-/m0/s1. The highest BCUT2D eigenvalue weighted by atomic mass is 16.7. The highest BCUT2D eigenvalue weighted by Crippen LogP contribution is 2.70. The van der Waals surface area contributed by atoms with Crippen molar-refractivity contribution in [2.24, 2.45) is 28.6 Å². The smallest absolute Gasteiger partial charge is 0.331 e. The summed E-state index contributed by atoms with van der Waals surface area (Å²) in [5.74, 6) is -1.08. The topological polar surface area (TPSA) is 234 Å². The third kappa shape index (κ3) is 5.76. The summed E-state index contributed by atoms with van der Waals surface area (Å²) < 4.78 is 34.1.